The minimum Gasteiger partial charge on any atom is -0.274 e. The fraction of sp³-hybridized carbons (Fsp3) is 0.438. The molecule has 0 unspecified atom stereocenters. The zero-order valence-electron chi connectivity index (χ0n) is 11.6. The molecule has 0 aromatic heterocycles. The summed E-state index contributed by atoms with van der Waals surface area (Å²) in [6, 6.07) is 5.51. The lowest BCUT2D eigenvalue weighted by Gasteiger charge is -2.30. The first-order valence-electron chi connectivity index (χ1n) is 7.14. The van der Waals surface area contributed by atoms with E-state index in [4.69, 9.17) is 5.26 Å². The van der Waals surface area contributed by atoms with Crippen LogP contribution >= 0.6 is 0 Å². The standard InChI is InChI=1S/C16H15FN2O2/c17-13-5-4-12(8-11(13)10-18)19-14(20)9-16(15(19)21)6-2-1-3-7-16/h4-5,8H,1-3,6-7,9H2. The van der Waals surface area contributed by atoms with Crippen molar-refractivity contribution in [2.75, 3.05) is 4.90 Å². The average Bonchev–Trinajstić information content (AvgIpc) is 2.72. The van der Waals surface area contributed by atoms with Gasteiger partial charge in [-0.05, 0) is 31.0 Å². The van der Waals surface area contributed by atoms with E-state index in [0.717, 1.165) is 43.1 Å². The van der Waals surface area contributed by atoms with Gasteiger partial charge in [0.05, 0.1) is 16.7 Å². The monoisotopic (exact) mass is 286 g/mol. The van der Waals surface area contributed by atoms with Gasteiger partial charge in [-0.25, -0.2) is 4.39 Å². The molecule has 0 bridgehead atoms. The fourth-order valence-electron chi connectivity index (χ4n) is 3.41. The minimum atomic E-state index is -0.646. The van der Waals surface area contributed by atoms with Gasteiger partial charge in [-0.2, -0.15) is 5.26 Å². The van der Waals surface area contributed by atoms with Gasteiger partial charge in [0.1, 0.15) is 11.9 Å². The summed E-state index contributed by atoms with van der Waals surface area (Å²) in [6.45, 7) is 0. The molecular formula is C16H15FN2O2. The summed E-state index contributed by atoms with van der Waals surface area (Å²) < 4.78 is 13.4. The smallest absolute Gasteiger partial charge is 0.240 e. The summed E-state index contributed by atoms with van der Waals surface area (Å²) in [4.78, 5) is 26.1. The Morgan fingerprint density at radius 1 is 1.19 bits per heavy atom. The lowest BCUT2D eigenvalue weighted by molar-refractivity contribution is -0.127. The molecule has 2 aliphatic rings. The van der Waals surface area contributed by atoms with Crippen LogP contribution < -0.4 is 4.90 Å². The summed E-state index contributed by atoms with van der Waals surface area (Å²) in [7, 11) is 0. The fourth-order valence-corrected chi connectivity index (χ4v) is 3.41. The van der Waals surface area contributed by atoms with Gasteiger partial charge in [-0.15, -0.1) is 0 Å². The number of rotatable bonds is 1. The van der Waals surface area contributed by atoms with Crippen LogP contribution in [0.15, 0.2) is 18.2 Å². The number of imide groups is 1. The molecule has 1 spiro atoms. The van der Waals surface area contributed by atoms with Crippen molar-refractivity contribution in [3.8, 4) is 6.07 Å². The highest BCUT2D eigenvalue weighted by Gasteiger charge is 2.52. The van der Waals surface area contributed by atoms with E-state index in [9.17, 15) is 14.0 Å². The molecule has 3 rings (SSSR count). The Kier molecular flexibility index (Phi) is 3.25. The maximum Gasteiger partial charge on any atom is 0.240 e. The molecule has 1 aliphatic heterocycles. The molecule has 0 atom stereocenters. The van der Waals surface area contributed by atoms with Gasteiger partial charge in [0.25, 0.3) is 0 Å². The van der Waals surface area contributed by atoms with Crippen LogP contribution in [0.2, 0.25) is 0 Å². The predicted molar refractivity (Wildman–Crippen MR) is 73.7 cm³/mol. The van der Waals surface area contributed by atoms with Crippen molar-refractivity contribution < 1.29 is 14.0 Å². The zero-order chi connectivity index (χ0) is 15.0. The Morgan fingerprint density at radius 2 is 1.90 bits per heavy atom. The number of anilines is 1. The summed E-state index contributed by atoms with van der Waals surface area (Å²) >= 11 is 0. The van der Waals surface area contributed by atoms with Crippen LogP contribution in [-0.2, 0) is 9.59 Å². The van der Waals surface area contributed by atoms with Gasteiger partial charge >= 0.3 is 0 Å². The van der Waals surface area contributed by atoms with Gasteiger partial charge in [-0.3, -0.25) is 14.5 Å². The van der Waals surface area contributed by atoms with Crippen LogP contribution in [0.5, 0.6) is 0 Å². The van der Waals surface area contributed by atoms with E-state index in [2.05, 4.69) is 0 Å². The van der Waals surface area contributed by atoms with E-state index in [1.807, 2.05) is 0 Å². The molecule has 21 heavy (non-hydrogen) atoms. The van der Waals surface area contributed by atoms with Crippen molar-refractivity contribution in [1.82, 2.24) is 0 Å². The third kappa shape index (κ3) is 2.11. The highest BCUT2D eigenvalue weighted by molar-refractivity contribution is 6.22. The molecular weight excluding hydrogens is 271 g/mol. The lowest BCUT2D eigenvalue weighted by Crippen LogP contribution is -2.37. The highest BCUT2D eigenvalue weighted by atomic mass is 19.1. The zero-order valence-corrected chi connectivity index (χ0v) is 11.6. The quantitative estimate of drug-likeness (QED) is 0.746. The summed E-state index contributed by atoms with van der Waals surface area (Å²) in [5.41, 5.74) is -0.431. The van der Waals surface area contributed by atoms with Gasteiger partial charge < -0.3 is 0 Å². The Hall–Kier alpha value is -2.22. The van der Waals surface area contributed by atoms with Crippen molar-refractivity contribution in [1.29, 1.82) is 5.26 Å². The van der Waals surface area contributed by atoms with E-state index in [1.165, 1.54) is 12.1 Å². The largest absolute Gasteiger partial charge is 0.274 e. The van der Waals surface area contributed by atoms with E-state index < -0.39 is 11.2 Å². The molecule has 1 saturated heterocycles. The first-order valence-corrected chi connectivity index (χ1v) is 7.14. The molecule has 0 N–H and O–H groups in total. The van der Waals surface area contributed by atoms with Crippen molar-refractivity contribution in [3.05, 3.63) is 29.6 Å². The lowest BCUT2D eigenvalue weighted by atomic mass is 9.73. The Bertz CT molecular complexity index is 657. The Morgan fingerprint density at radius 3 is 2.57 bits per heavy atom. The average molecular weight is 286 g/mol. The Balaban J connectivity index is 1.98. The van der Waals surface area contributed by atoms with Crippen LogP contribution in [0.25, 0.3) is 0 Å². The molecule has 1 aromatic carbocycles. The van der Waals surface area contributed by atoms with Gasteiger partial charge in [-0.1, -0.05) is 19.3 Å². The maximum absolute atomic E-state index is 13.4. The first kappa shape index (κ1) is 13.7. The molecule has 108 valence electrons. The Labute approximate surface area is 122 Å². The van der Waals surface area contributed by atoms with Crippen LogP contribution in [0.3, 0.4) is 0 Å². The van der Waals surface area contributed by atoms with Crippen molar-refractivity contribution in [2.24, 2.45) is 5.41 Å². The molecule has 1 heterocycles. The molecule has 1 aromatic rings. The van der Waals surface area contributed by atoms with Crippen molar-refractivity contribution in [2.45, 2.75) is 38.5 Å². The summed E-state index contributed by atoms with van der Waals surface area (Å²) in [5, 5.41) is 8.88. The second kappa shape index (κ2) is 4.96. The third-order valence-corrected chi connectivity index (χ3v) is 4.54. The van der Waals surface area contributed by atoms with Crippen molar-refractivity contribution in [3.63, 3.8) is 0 Å². The van der Waals surface area contributed by atoms with E-state index in [0.29, 0.717) is 5.69 Å². The van der Waals surface area contributed by atoms with Gasteiger partial charge in [0.15, 0.2) is 0 Å². The molecule has 2 fully saturated rings. The van der Waals surface area contributed by atoms with Crippen LogP contribution in [0.1, 0.15) is 44.1 Å². The SMILES string of the molecule is N#Cc1cc(N2C(=O)CC3(CCCCC3)C2=O)ccc1F. The molecule has 1 saturated carbocycles. The maximum atomic E-state index is 13.4. The second-order valence-electron chi connectivity index (χ2n) is 5.83. The minimum absolute atomic E-state index is 0.155. The van der Waals surface area contributed by atoms with E-state index in [1.54, 1.807) is 6.07 Å². The number of nitriles is 1. The number of amides is 2. The summed E-state index contributed by atoms with van der Waals surface area (Å²) in [6.07, 6.45) is 4.71. The number of carbonyl (C=O) groups excluding carboxylic acids is 2. The number of halogens is 1. The van der Waals surface area contributed by atoms with Crippen LogP contribution in [0, 0.1) is 22.6 Å². The molecule has 5 heteroatoms. The van der Waals surface area contributed by atoms with Crippen LogP contribution in [-0.4, -0.2) is 11.8 Å². The highest BCUT2D eigenvalue weighted by Crippen LogP contribution is 2.46. The number of hydrogen-bond acceptors (Lipinski definition) is 3. The molecule has 0 radical (unpaired) electrons. The topological polar surface area (TPSA) is 61.2 Å². The molecule has 1 aliphatic carbocycles. The second-order valence-corrected chi connectivity index (χ2v) is 5.83. The van der Waals surface area contributed by atoms with E-state index >= 15 is 0 Å². The van der Waals surface area contributed by atoms with Gasteiger partial charge in [0, 0.05) is 6.42 Å². The number of carbonyl (C=O) groups is 2. The van der Waals surface area contributed by atoms with Gasteiger partial charge in [0.2, 0.25) is 11.8 Å². The third-order valence-electron chi connectivity index (χ3n) is 4.54. The molecule has 4 nitrogen and oxygen atoms in total. The van der Waals surface area contributed by atoms with Crippen LogP contribution in [0.4, 0.5) is 10.1 Å². The molecule has 2 amide bonds. The first-order chi connectivity index (χ1) is 10.1. The normalized spacial score (nSPS) is 20.9. The predicted octanol–water partition coefficient (Wildman–Crippen LogP) is 2.91. The number of benzene rings is 1. The summed E-state index contributed by atoms with van der Waals surface area (Å²) in [5.74, 6) is -1.09. The van der Waals surface area contributed by atoms with Crippen molar-refractivity contribution >= 4 is 17.5 Å². The number of hydrogen-bond donors (Lipinski definition) is 0. The number of nitrogens with zero attached hydrogens (tertiary/aromatic N) is 2. The van der Waals surface area contributed by atoms with E-state index in [-0.39, 0.29) is 23.8 Å².